The van der Waals surface area contributed by atoms with E-state index in [-0.39, 0.29) is 5.91 Å². The molecule has 24 heavy (non-hydrogen) atoms. The summed E-state index contributed by atoms with van der Waals surface area (Å²) in [5, 5.41) is 9.65. The van der Waals surface area contributed by atoms with E-state index in [1.807, 2.05) is 23.6 Å². The molecule has 0 aliphatic rings. The number of thiazole rings is 1. The van der Waals surface area contributed by atoms with Crippen molar-refractivity contribution in [1.29, 1.82) is 0 Å². The van der Waals surface area contributed by atoms with Crippen LogP contribution in [0.5, 0.6) is 0 Å². The Bertz CT molecular complexity index is 795. The van der Waals surface area contributed by atoms with E-state index in [0.717, 1.165) is 35.7 Å². The molecule has 0 atom stereocenters. The van der Waals surface area contributed by atoms with Gasteiger partial charge < -0.3 is 9.84 Å². The topological polar surface area (TPSA) is 68.0 Å². The van der Waals surface area contributed by atoms with Gasteiger partial charge in [-0.2, -0.15) is 0 Å². The van der Waals surface area contributed by atoms with Crippen LogP contribution in [0.3, 0.4) is 0 Å². The first-order chi connectivity index (χ1) is 11.7. The predicted molar refractivity (Wildman–Crippen MR) is 93.0 cm³/mol. The molecule has 0 saturated heterocycles. The average molecular weight is 341 g/mol. The first kappa shape index (κ1) is 16.4. The molecule has 0 aliphatic carbocycles. The van der Waals surface area contributed by atoms with E-state index < -0.39 is 0 Å². The summed E-state index contributed by atoms with van der Waals surface area (Å²) < 4.78 is 5.12. The van der Waals surface area contributed by atoms with Gasteiger partial charge in [0.1, 0.15) is 5.76 Å². The summed E-state index contributed by atoms with van der Waals surface area (Å²) in [5.41, 5.74) is 2.41. The summed E-state index contributed by atoms with van der Waals surface area (Å²) in [4.78, 5) is 16.6. The predicted octanol–water partition coefficient (Wildman–Crippen LogP) is 3.60. The number of nitrogens with one attached hydrogen (secondary N) is 1. The van der Waals surface area contributed by atoms with Crippen molar-refractivity contribution in [3.05, 3.63) is 69.5 Å². The minimum Gasteiger partial charge on any atom is -0.361 e. The molecule has 124 valence electrons. The Kier molecular flexibility index (Phi) is 5.38. The zero-order valence-electron chi connectivity index (χ0n) is 13.5. The lowest BCUT2D eigenvalue weighted by Gasteiger charge is -1.99. The van der Waals surface area contributed by atoms with Gasteiger partial charge in [-0.1, -0.05) is 42.4 Å². The number of aryl methyl sites for hydroxylation is 1. The van der Waals surface area contributed by atoms with Gasteiger partial charge in [0.15, 0.2) is 5.69 Å². The van der Waals surface area contributed by atoms with Gasteiger partial charge in [-0.3, -0.25) is 4.79 Å². The van der Waals surface area contributed by atoms with Gasteiger partial charge in [-0.05, 0) is 12.0 Å². The van der Waals surface area contributed by atoms with Gasteiger partial charge in [0.05, 0.1) is 17.2 Å². The van der Waals surface area contributed by atoms with Gasteiger partial charge in [-0.25, -0.2) is 4.98 Å². The van der Waals surface area contributed by atoms with Crippen molar-refractivity contribution >= 4 is 17.2 Å². The summed E-state index contributed by atoms with van der Waals surface area (Å²) in [6, 6.07) is 11.9. The Morgan fingerprint density at radius 2 is 2.12 bits per heavy atom. The largest absolute Gasteiger partial charge is 0.361 e. The van der Waals surface area contributed by atoms with E-state index >= 15 is 0 Å². The monoisotopic (exact) mass is 341 g/mol. The molecule has 2 heterocycles. The number of carbonyl (C=O) groups excluding carboxylic acids is 1. The summed E-state index contributed by atoms with van der Waals surface area (Å²) in [6.45, 7) is 2.44. The molecule has 0 fully saturated rings. The van der Waals surface area contributed by atoms with Crippen molar-refractivity contribution < 1.29 is 9.32 Å². The molecule has 0 bridgehead atoms. The maximum atomic E-state index is 12.1. The van der Waals surface area contributed by atoms with Crippen LogP contribution in [0.1, 0.15) is 45.9 Å². The molecule has 6 heteroatoms. The highest BCUT2D eigenvalue weighted by molar-refractivity contribution is 7.09. The lowest BCUT2D eigenvalue weighted by Crippen LogP contribution is -2.23. The third-order valence-corrected chi connectivity index (χ3v) is 4.41. The van der Waals surface area contributed by atoms with Crippen molar-refractivity contribution in [2.45, 2.75) is 32.7 Å². The van der Waals surface area contributed by atoms with Crippen LogP contribution in [0.4, 0.5) is 0 Å². The van der Waals surface area contributed by atoms with E-state index in [9.17, 15) is 4.79 Å². The van der Waals surface area contributed by atoms with Crippen LogP contribution in [0.15, 0.2) is 46.3 Å². The number of hydrogen-bond acceptors (Lipinski definition) is 5. The number of carbonyl (C=O) groups is 1. The number of aromatic nitrogens is 2. The van der Waals surface area contributed by atoms with Crippen molar-refractivity contribution in [2.75, 3.05) is 0 Å². The number of hydrogen-bond donors (Lipinski definition) is 1. The van der Waals surface area contributed by atoms with E-state index in [1.165, 1.54) is 5.56 Å². The molecule has 0 spiro atoms. The first-order valence-corrected chi connectivity index (χ1v) is 8.83. The lowest BCUT2D eigenvalue weighted by atomic mass is 10.2. The smallest absolute Gasteiger partial charge is 0.273 e. The number of benzene rings is 1. The fourth-order valence-corrected chi connectivity index (χ4v) is 3.16. The molecule has 1 amide bonds. The normalized spacial score (nSPS) is 10.7. The van der Waals surface area contributed by atoms with Gasteiger partial charge in [0.2, 0.25) is 0 Å². The molecule has 2 aromatic heterocycles. The Morgan fingerprint density at radius 3 is 2.92 bits per heavy atom. The summed E-state index contributed by atoms with van der Waals surface area (Å²) in [6.07, 6.45) is 2.55. The molecule has 1 N–H and O–H groups in total. The van der Waals surface area contributed by atoms with Crippen LogP contribution < -0.4 is 5.32 Å². The number of rotatable bonds is 7. The minimum absolute atomic E-state index is 0.237. The van der Waals surface area contributed by atoms with Gasteiger partial charge in [0.25, 0.3) is 5.91 Å². The van der Waals surface area contributed by atoms with Gasteiger partial charge >= 0.3 is 0 Å². The van der Waals surface area contributed by atoms with E-state index in [2.05, 4.69) is 34.5 Å². The second-order valence-electron chi connectivity index (χ2n) is 5.51. The lowest BCUT2D eigenvalue weighted by molar-refractivity contribution is 0.0941. The Hall–Kier alpha value is -2.47. The van der Waals surface area contributed by atoms with Crippen molar-refractivity contribution in [1.82, 2.24) is 15.5 Å². The zero-order valence-corrected chi connectivity index (χ0v) is 14.3. The van der Waals surface area contributed by atoms with Crippen LogP contribution in [0.2, 0.25) is 0 Å². The molecule has 3 aromatic rings. The van der Waals surface area contributed by atoms with Crippen LogP contribution in [0, 0.1) is 0 Å². The standard InChI is InChI=1S/C18H19N3O2S/c1-2-6-15-10-16(21-23-15)18(22)19-11-14-12-24-17(20-14)9-13-7-4-3-5-8-13/h3-5,7-8,10,12H,2,6,9,11H2,1H3,(H,19,22). The third-order valence-electron chi connectivity index (χ3n) is 3.52. The minimum atomic E-state index is -0.237. The average Bonchev–Trinajstić information content (AvgIpc) is 3.24. The van der Waals surface area contributed by atoms with Gasteiger partial charge in [0, 0.05) is 24.3 Å². The number of amides is 1. The molecular formula is C18H19N3O2S. The Balaban J connectivity index is 1.54. The Labute approximate surface area is 144 Å². The van der Waals surface area contributed by atoms with Crippen LogP contribution in [-0.4, -0.2) is 16.0 Å². The highest BCUT2D eigenvalue weighted by atomic mass is 32.1. The SMILES string of the molecule is CCCc1cc(C(=O)NCc2csc(Cc3ccccc3)n2)no1. The molecule has 5 nitrogen and oxygen atoms in total. The van der Waals surface area contributed by atoms with E-state index in [1.54, 1.807) is 17.4 Å². The van der Waals surface area contributed by atoms with Crippen LogP contribution in [0.25, 0.3) is 0 Å². The first-order valence-electron chi connectivity index (χ1n) is 7.95. The maximum Gasteiger partial charge on any atom is 0.273 e. The van der Waals surface area contributed by atoms with E-state index in [0.29, 0.717) is 12.2 Å². The Morgan fingerprint density at radius 1 is 1.29 bits per heavy atom. The molecule has 1 aromatic carbocycles. The fourth-order valence-electron chi connectivity index (χ4n) is 2.33. The molecule has 0 unspecified atom stereocenters. The summed E-state index contributed by atoms with van der Waals surface area (Å²) in [7, 11) is 0. The van der Waals surface area contributed by atoms with Crippen molar-refractivity contribution in [3.63, 3.8) is 0 Å². The highest BCUT2D eigenvalue weighted by Gasteiger charge is 2.12. The third kappa shape index (κ3) is 4.29. The highest BCUT2D eigenvalue weighted by Crippen LogP contribution is 2.15. The van der Waals surface area contributed by atoms with Crippen molar-refractivity contribution in [2.24, 2.45) is 0 Å². The number of nitrogens with zero attached hydrogens (tertiary/aromatic N) is 2. The van der Waals surface area contributed by atoms with E-state index in [4.69, 9.17) is 4.52 Å². The molecule has 0 aliphatic heterocycles. The van der Waals surface area contributed by atoms with Crippen LogP contribution in [-0.2, 0) is 19.4 Å². The molecular weight excluding hydrogens is 322 g/mol. The summed E-state index contributed by atoms with van der Waals surface area (Å²) in [5.74, 6) is 0.500. The summed E-state index contributed by atoms with van der Waals surface area (Å²) >= 11 is 1.61. The zero-order chi connectivity index (χ0) is 16.8. The maximum absolute atomic E-state index is 12.1. The molecule has 0 saturated carbocycles. The van der Waals surface area contributed by atoms with Crippen molar-refractivity contribution in [3.8, 4) is 0 Å². The quantitative estimate of drug-likeness (QED) is 0.713. The molecule has 0 radical (unpaired) electrons. The fraction of sp³-hybridized carbons (Fsp3) is 0.278. The molecule has 3 rings (SSSR count). The second kappa shape index (κ2) is 7.88. The van der Waals surface area contributed by atoms with Crippen LogP contribution >= 0.6 is 11.3 Å². The van der Waals surface area contributed by atoms with Gasteiger partial charge in [-0.15, -0.1) is 11.3 Å². The second-order valence-corrected chi connectivity index (χ2v) is 6.45.